The smallest absolute Gasteiger partial charge is 0.412 e. The summed E-state index contributed by atoms with van der Waals surface area (Å²) in [5.74, 6) is -2.36. The first-order chi connectivity index (χ1) is 30.9. The number of carbonyl (C=O) groups excluding carboxylic acids is 2. The van der Waals surface area contributed by atoms with E-state index in [-0.39, 0.29) is 62.0 Å². The van der Waals surface area contributed by atoms with Crippen molar-refractivity contribution in [3.8, 4) is 11.5 Å². The van der Waals surface area contributed by atoms with Gasteiger partial charge in [0.2, 0.25) is 11.7 Å². The van der Waals surface area contributed by atoms with Crippen LogP contribution in [-0.2, 0) is 21.0 Å². The molecule has 3 N–H and O–H groups in total. The van der Waals surface area contributed by atoms with E-state index in [4.69, 9.17) is 24.2 Å². The number of hydrogen-bond donors (Lipinski definition) is 3. The Hall–Kier alpha value is -6.43. The maximum absolute atomic E-state index is 14.4. The third-order valence-corrected chi connectivity index (χ3v) is 12.1. The van der Waals surface area contributed by atoms with Crippen LogP contribution in [0.1, 0.15) is 74.5 Å². The normalized spacial score (nSPS) is 22.7. The summed E-state index contributed by atoms with van der Waals surface area (Å²) in [5, 5.41) is 49.8. The standard InChI is InChI=1S/C47H55N5O12/c1-4-26-61-47-42(50(3)43(55)23-16-31-12-17-34(18-13-31)51(57)58)29-40(49-62-30-32-14-19-35(20-15-32)52(59)60)38-27-33(10-6-8-24-53)37(11-7-9-25-54)44(45(38)47)39-28-36(21-22-41(39)64-47)63-46(56)48-5-2/h4,12-23,27-28,33,37,42,44-45,53-54H,1,5-11,24-26,29-30H2,2-3H3,(H,48,56)/t33-,37+,42-,44+,45+,47+/m0/s1. The quantitative estimate of drug-likeness (QED) is 0.0309. The molecular weight excluding hydrogens is 827 g/mol. The molecule has 0 unspecified atom stereocenters. The Bertz CT molecular complexity index is 2240. The first-order valence-corrected chi connectivity index (χ1v) is 21.5. The maximum atomic E-state index is 14.4. The molecule has 3 aromatic rings. The molecule has 3 aromatic carbocycles. The lowest BCUT2D eigenvalue weighted by Gasteiger charge is -2.59. The third-order valence-electron chi connectivity index (χ3n) is 12.1. The molecule has 340 valence electrons. The first kappa shape index (κ1) is 47.1. The lowest BCUT2D eigenvalue weighted by molar-refractivity contribution is -0.385. The number of aliphatic hydroxyl groups is 2. The fraction of sp³-hybridized carbons (Fsp3) is 0.426. The SMILES string of the molecule is C=CCO[C@@]12Oc3ccc(OC(=O)NCC)cc3[C@H]3[C@H](CCCCO)[C@@H](CCCCO)C=C(C(=NOCc4ccc([N+](=O)[O-])cc4)C[C@@H]1N(C)C(=O)C=Cc1ccc([N+](=O)[O-])cc1)[C@H]32. The molecule has 0 radical (unpaired) electrons. The molecule has 17 heteroatoms. The van der Waals surface area contributed by atoms with Gasteiger partial charge in [-0.25, -0.2) is 4.79 Å². The minimum atomic E-state index is -1.55. The van der Waals surface area contributed by atoms with Gasteiger partial charge in [-0.2, -0.15) is 0 Å². The Kier molecular flexibility index (Phi) is 16.0. The van der Waals surface area contributed by atoms with E-state index in [2.05, 4.69) is 18.0 Å². The van der Waals surface area contributed by atoms with Gasteiger partial charge in [0.1, 0.15) is 24.1 Å². The third kappa shape index (κ3) is 10.7. The van der Waals surface area contributed by atoms with Crippen molar-refractivity contribution in [1.82, 2.24) is 10.2 Å². The highest BCUT2D eigenvalue weighted by atomic mass is 16.7. The second kappa shape index (κ2) is 21.8. The Morgan fingerprint density at radius 1 is 0.984 bits per heavy atom. The molecule has 0 saturated heterocycles. The van der Waals surface area contributed by atoms with Crippen LogP contribution in [0.3, 0.4) is 0 Å². The van der Waals surface area contributed by atoms with Crippen LogP contribution in [0.15, 0.2) is 102 Å². The molecular formula is C47H55N5O12. The van der Waals surface area contributed by atoms with Gasteiger partial charge in [0.05, 0.1) is 28.1 Å². The summed E-state index contributed by atoms with van der Waals surface area (Å²) in [4.78, 5) is 56.3. The van der Waals surface area contributed by atoms with Crippen molar-refractivity contribution in [3.63, 3.8) is 0 Å². The summed E-state index contributed by atoms with van der Waals surface area (Å²) in [5.41, 5.74) is 3.14. The Morgan fingerprint density at radius 2 is 1.66 bits per heavy atom. The van der Waals surface area contributed by atoms with Crippen LogP contribution in [-0.4, -0.2) is 87.9 Å². The van der Waals surface area contributed by atoms with Crippen LogP contribution in [0.2, 0.25) is 0 Å². The maximum Gasteiger partial charge on any atom is 0.412 e. The molecule has 64 heavy (non-hydrogen) atoms. The van der Waals surface area contributed by atoms with Crippen LogP contribution in [0.5, 0.6) is 11.5 Å². The molecule has 1 saturated carbocycles. The summed E-state index contributed by atoms with van der Waals surface area (Å²) in [6.07, 6.45) is 10.2. The van der Waals surface area contributed by atoms with Crippen molar-refractivity contribution < 1.29 is 48.7 Å². The van der Waals surface area contributed by atoms with Crippen LogP contribution < -0.4 is 14.8 Å². The van der Waals surface area contributed by atoms with E-state index in [1.165, 1.54) is 35.2 Å². The highest BCUT2D eigenvalue weighted by molar-refractivity contribution is 6.03. The number of hydrogen-bond acceptors (Lipinski definition) is 13. The number of oxime groups is 1. The number of fused-ring (bicyclic) bond motifs is 2. The number of nitrogens with zero attached hydrogens (tertiary/aromatic N) is 4. The zero-order chi connectivity index (χ0) is 45.8. The van der Waals surface area contributed by atoms with Gasteiger partial charge in [-0.15, -0.1) is 6.58 Å². The number of likely N-dealkylation sites (N-methyl/N-ethyl adjacent to an activating group) is 1. The van der Waals surface area contributed by atoms with E-state index in [9.17, 15) is 40.0 Å². The van der Waals surface area contributed by atoms with Gasteiger partial charge in [-0.05, 0) is 110 Å². The van der Waals surface area contributed by atoms with E-state index < -0.39 is 39.6 Å². The van der Waals surface area contributed by atoms with E-state index in [0.717, 1.165) is 24.0 Å². The number of benzene rings is 3. The van der Waals surface area contributed by atoms with Gasteiger partial charge in [0.25, 0.3) is 11.4 Å². The molecule has 0 aromatic heterocycles. The molecule has 1 aliphatic heterocycles. The second-order valence-electron chi connectivity index (χ2n) is 16.0. The first-order valence-electron chi connectivity index (χ1n) is 21.5. The number of carbonyl (C=O) groups is 2. The number of allylic oxidation sites excluding steroid dienone is 1. The minimum absolute atomic E-state index is 0.0119. The fourth-order valence-electron chi connectivity index (χ4n) is 9.12. The summed E-state index contributed by atoms with van der Waals surface area (Å²) < 4.78 is 19.8. The van der Waals surface area contributed by atoms with Crippen molar-refractivity contribution >= 4 is 35.2 Å². The van der Waals surface area contributed by atoms with Crippen molar-refractivity contribution in [2.45, 2.75) is 76.2 Å². The molecule has 2 amide bonds. The highest BCUT2D eigenvalue weighted by Crippen LogP contribution is 2.61. The van der Waals surface area contributed by atoms with Crippen molar-refractivity contribution in [2.24, 2.45) is 22.9 Å². The van der Waals surface area contributed by atoms with Gasteiger partial charge in [-0.1, -0.05) is 30.1 Å². The molecule has 6 atom stereocenters. The Labute approximate surface area is 371 Å². The predicted octanol–water partition coefficient (Wildman–Crippen LogP) is 7.62. The average Bonchev–Trinajstić information content (AvgIpc) is 3.29. The number of nitro groups is 2. The lowest BCUT2D eigenvalue weighted by Crippen LogP contribution is -2.69. The van der Waals surface area contributed by atoms with Gasteiger partial charge in [0.15, 0.2) is 0 Å². The lowest BCUT2D eigenvalue weighted by atomic mass is 9.55. The summed E-state index contributed by atoms with van der Waals surface area (Å²) in [7, 11) is 1.65. The summed E-state index contributed by atoms with van der Waals surface area (Å²) in [6.45, 7) is 6.17. The molecule has 2 aliphatic carbocycles. The van der Waals surface area contributed by atoms with Gasteiger partial charge in [0, 0.05) is 75.0 Å². The van der Waals surface area contributed by atoms with Gasteiger partial charge in [-0.3, -0.25) is 25.0 Å². The molecule has 6 rings (SSSR count). The molecule has 3 aliphatic rings. The minimum Gasteiger partial charge on any atom is -0.459 e. The van der Waals surface area contributed by atoms with E-state index in [1.807, 2.05) is 6.07 Å². The molecule has 17 nitrogen and oxygen atoms in total. The van der Waals surface area contributed by atoms with Crippen molar-refractivity contribution in [3.05, 3.63) is 134 Å². The van der Waals surface area contributed by atoms with Crippen LogP contribution in [0.25, 0.3) is 6.08 Å². The number of aliphatic hydroxyl groups excluding tert-OH is 2. The Morgan fingerprint density at radius 3 is 2.30 bits per heavy atom. The second-order valence-corrected chi connectivity index (χ2v) is 16.0. The van der Waals surface area contributed by atoms with Gasteiger partial charge >= 0.3 is 6.09 Å². The van der Waals surface area contributed by atoms with Crippen molar-refractivity contribution in [1.29, 1.82) is 0 Å². The number of amides is 2. The monoisotopic (exact) mass is 881 g/mol. The van der Waals surface area contributed by atoms with E-state index in [1.54, 1.807) is 62.5 Å². The number of ether oxygens (including phenoxy) is 3. The average molecular weight is 882 g/mol. The highest BCUT2D eigenvalue weighted by Gasteiger charge is 2.65. The number of nitrogens with one attached hydrogen (secondary N) is 1. The zero-order valence-corrected chi connectivity index (χ0v) is 36.0. The predicted molar refractivity (Wildman–Crippen MR) is 237 cm³/mol. The van der Waals surface area contributed by atoms with Crippen LogP contribution in [0, 0.1) is 38.0 Å². The van der Waals surface area contributed by atoms with E-state index in [0.29, 0.717) is 60.6 Å². The molecule has 1 fully saturated rings. The summed E-state index contributed by atoms with van der Waals surface area (Å²) >= 11 is 0. The fourth-order valence-corrected chi connectivity index (χ4v) is 9.12. The number of non-ortho nitro benzene ring substituents is 2. The number of nitro benzene ring substituents is 2. The molecule has 0 spiro atoms. The van der Waals surface area contributed by atoms with Crippen molar-refractivity contribution in [2.75, 3.05) is 33.4 Å². The zero-order valence-electron chi connectivity index (χ0n) is 36.0. The van der Waals surface area contributed by atoms with Crippen LogP contribution >= 0.6 is 0 Å². The van der Waals surface area contributed by atoms with E-state index >= 15 is 0 Å². The van der Waals surface area contributed by atoms with Gasteiger partial charge < -0.3 is 39.5 Å². The topological polar surface area (TPSA) is 225 Å². The largest absolute Gasteiger partial charge is 0.459 e. The number of rotatable bonds is 21. The number of unbranched alkanes of at least 4 members (excludes halogenated alkanes) is 2. The molecule has 1 heterocycles. The molecule has 0 bridgehead atoms. The Balaban J connectivity index is 1.52. The summed E-state index contributed by atoms with van der Waals surface area (Å²) in [6, 6.07) is 16.1. The van der Waals surface area contributed by atoms with Crippen LogP contribution in [0.4, 0.5) is 16.2 Å².